The Labute approximate surface area is 166 Å². The highest BCUT2D eigenvalue weighted by molar-refractivity contribution is 5.95. The van der Waals surface area contributed by atoms with E-state index < -0.39 is 0 Å². The molecule has 0 bridgehead atoms. The summed E-state index contributed by atoms with van der Waals surface area (Å²) in [6.45, 7) is 6.29. The van der Waals surface area contributed by atoms with Crippen LogP contribution in [0.15, 0.2) is 54.6 Å². The Morgan fingerprint density at radius 3 is 2.50 bits per heavy atom. The Balaban J connectivity index is 1.40. The zero-order chi connectivity index (χ0) is 19.4. The van der Waals surface area contributed by atoms with Gasteiger partial charge in [0.2, 0.25) is 0 Å². The molecule has 0 radical (unpaired) electrons. The Morgan fingerprint density at radius 2 is 1.75 bits per heavy atom. The number of para-hydroxylation sites is 2. The molecule has 5 nitrogen and oxygen atoms in total. The molecule has 1 spiro atoms. The first kappa shape index (κ1) is 19.0. The molecule has 0 aliphatic carbocycles. The van der Waals surface area contributed by atoms with Gasteiger partial charge in [0.15, 0.2) is 0 Å². The maximum absolute atomic E-state index is 12.4. The summed E-state index contributed by atoms with van der Waals surface area (Å²) in [7, 11) is 0. The van der Waals surface area contributed by atoms with E-state index in [1.165, 1.54) is 5.56 Å². The van der Waals surface area contributed by atoms with Crippen LogP contribution in [-0.2, 0) is 16.1 Å². The number of hydrogen-bond acceptors (Lipinski definition) is 4. The maximum Gasteiger partial charge on any atom is 0.253 e. The van der Waals surface area contributed by atoms with Gasteiger partial charge < -0.3 is 14.4 Å². The molecule has 2 aliphatic heterocycles. The first-order valence-electron chi connectivity index (χ1n) is 10.1. The molecular weight excluding hydrogens is 352 g/mol. The van der Waals surface area contributed by atoms with Crippen molar-refractivity contribution in [1.82, 2.24) is 4.90 Å². The molecule has 1 amide bonds. The van der Waals surface area contributed by atoms with Gasteiger partial charge in [-0.2, -0.15) is 0 Å². The summed E-state index contributed by atoms with van der Waals surface area (Å²) in [6.07, 6.45) is 1.86. The lowest BCUT2D eigenvalue weighted by Crippen LogP contribution is -2.58. The fourth-order valence-electron chi connectivity index (χ4n) is 4.15. The Bertz CT molecular complexity index is 801. The monoisotopic (exact) mass is 380 g/mol. The van der Waals surface area contributed by atoms with Crippen molar-refractivity contribution in [2.45, 2.75) is 31.9 Å². The van der Waals surface area contributed by atoms with Crippen LogP contribution in [0.25, 0.3) is 0 Å². The molecule has 0 N–H and O–H groups in total. The standard InChI is InChI=1S/C23H28N2O3/c1-2-27-21-11-7-6-8-19(21)16-24-14-12-23(13-15-24)18-25(22(26)17-28-23)20-9-4-3-5-10-20/h3-11H,2,12-18H2,1H3. The van der Waals surface area contributed by atoms with E-state index in [2.05, 4.69) is 17.0 Å². The summed E-state index contributed by atoms with van der Waals surface area (Å²) in [4.78, 5) is 16.7. The second kappa shape index (κ2) is 8.33. The van der Waals surface area contributed by atoms with Crippen LogP contribution in [0.5, 0.6) is 5.75 Å². The van der Waals surface area contributed by atoms with Crippen molar-refractivity contribution in [2.24, 2.45) is 0 Å². The van der Waals surface area contributed by atoms with Gasteiger partial charge in [0.05, 0.1) is 18.8 Å². The van der Waals surface area contributed by atoms with Crippen LogP contribution in [0.4, 0.5) is 5.69 Å². The van der Waals surface area contributed by atoms with E-state index in [9.17, 15) is 4.79 Å². The predicted octanol–water partition coefficient (Wildman–Crippen LogP) is 3.48. The first-order valence-corrected chi connectivity index (χ1v) is 10.1. The second-order valence-corrected chi connectivity index (χ2v) is 7.60. The quantitative estimate of drug-likeness (QED) is 0.796. The number of hydrogen-bond donors (Lipinski definition) is 0. The first-order chi connectivity index (χ1) is 13.7. The van der Waals surface area contributed by atoms with Gasteiger partial charge in [-0.15, -0.1) is 0 Å². The lowest BCUT2D eigenvalue weighted by molar-refractivity contribution is -0.145. The van der Waals surface area contributed by atoms with Gasteiger partial charge in [-0.05, 0) is 38.0 Å². The zero-order valence-corrected chi connectivity index (χ0v) is 16.5. The summed E-state index contributed by atoms with van der Waals surface area (Å²) in [5.41, 5.74) is 1.95. The van der Waals surface area contributed by atoms with E-state index in [0.29, 0.717) is 13.2 Å². The fourth-order valence-corrected chi connectivity index (χ4v) is 4.15. The highest BCUT2D eigenvalue weighted by Crippen LogP contribution is 2.33. The molecule has 148 valence electrons. The summed E-state index contributed by atoms with van der Waals surface area (Å²) >= 11 is 0. The van der Waals surface area contributed by atoms with Gasteiger partial charge in [0, 0.05) is 30.9 Å². The number of morpholine rings is 1. The molecule has 2 heterocycles. The fraction of sp³-hybridized carbons (Fsp3) is 0.435. The lowest BCUT2D eigenvalue weighted by atomic mass is 9.88. The largest absolute Gasteiger partial charge is 0.494 e. The molecule has 0 atom stereocenters. The van der Waals surface area contributed by atoms with Gasteiger partial charge in [-0.1, -0.05) is 36.4 Å². The summed E-state index contributed by atoms with van der Waals surface area (Å²) in [6, 6.07) is 18.2. The molecular formula is C23H28N2O3. The number of piperidine rings is 1. The molecule has 5 heteroatoms. The number of anilines is 1. The van der Waals surface area contributed by atoms with Crippen LogP contribution >= 0.6 is 0 Å². The van der Waals surface area contributed by atoms with E-state index in [1.807, 2.05) is 54.3 Å². The number of ether oxygens (including phenoxy) is 2. The average molecular weight is 380 g/mol. The van der Waals surface area contributed by atoms with E-state index in [1.54, 1.807) is 0 Å². The van der Waals surface area contributed by atoms with Crippen LogP contribution < -0.4 is 9.64 Å². The van der Waals surface area contributed by atoms with E-state index in [0.717, 1.165) is 43.9 Å². The summed E-state index contributed by atoms with van der Waals surface area (Å²) in [5, 5.41) is 0. The number of carbonyl (C=O) groups excluding carboxylic acids is 1. The van der Waals surface area contributed by atoms with Crippen LogP contribution in [0.3, 0.4) is 0 Å². The van der Waals surface area contributed by atoms with Gasteiger partial charge in [0.25, 0.3) is 5.91 Å². The lowest BCUT2D eigenvalue weighted by Gasteiger charge is -2.47. The molecule has 2 saturated heterocycles. The topological polar surface area (TPSA) is 42.0 Å². The molecule has 2 aromatic rings. The van der Waals surface area contributed by atoms with E-state index in [-0.39, 0.29) is 18.1 Å². The van der Waals surface area contributed by atoms with Crippen LogP contribution in [-0.4, -0.2) is 49.3 Å². The minimum atomic E-state index is -0.236. The van der Waals surface area contributed by atoms with Crippen molar-refractivity contribution in [1.29, 1.82) is 0 Å². The molecule has 0 unspecified atom stereocenters. The highest BCUT2D eigenvalue weighted by atomic mass is 16.5. The molecule has 2 aromatic carbocycles. The molecule has 2 fully saturated rings. The normalized spacial score (nSPS) is 19.8. The van der Waals surface area contributed by atoms with Crippen LogP contribution in [0.2, 0.25) is 0 Å². The van der Waals surface area contributed by atoms with Crippen molar-refractivity contribution in [2.75, 3.05) is 37.7 Å². The van der Waals surface area contributed by atoms with Gasteiger partial charge in [0.1, 0.15) is 12.4 Å². The van der Waals surface area contributed by atoms with Gasteiger partial charge in [-0.3, -0.25) is 9.69 Å². The third-order valence-corrected chi connectivity index (χ3v) is 5.75. The smallest absolute Gasteiger partial charge is 0.253 e. The second-order valence-electron chi connectivity index (χ2n) is 7.60. The Kier molecular flexibility index (Phi) is 5.64. The van der Waals surface area contributed by atoms with Crippen molar-refractivity contribution in [3.05, 3.63) is 60.2 Å². The zero-order valence-electron chi connectivity index (χ0n) is 16.5. The number of amides is 1. The van der Waals surface area contributed by atoms with Gasteiger partial charge >= 0.3 is 0 Å². The van der Waals surface area contributed by atoms with E-state index in [4.69, 9.17) is 9.47 Å². The maximum atomic E-state index is 12.4. The van der Waals surface area contributed by atoms with Crippen molar-refractivity contribution in [3.63, 3.8) is 0 Å². The summed E-state index contributed by atoms with van der Waals surface area (Å²) in [5.74, 6) is 1.02. The Morgan fingerprint density at radius 1 is 1.04 bits per heavy atom. The number of likely N-dealkylation sites (tertiary alicyclic amines) is 1. The average Bonchev–Trinajstić information content (AvgIpc) is 2.74. The highest BCUT2D eigenvalue weighted by Gasteiger charge is 2.42. The number of rotatable bonds is 5. The van der Waals surface area contributed by atoms with Gasteiger partial charge in [-0.25, -0.2) is 0 Å². The van der Waals surface area contributed by atoms with Crippen molar-refractivity contribution in [3.8, 4) is 5.75 Å². The minimum Gasteiger partial charge on any atom is -0.494 e. The number of benzene rings is 2. The third kappa shape index (κ3) is 4.05. The van der Waals surface area contributed by atoms with Crippen molar-refractivity contribution >= 4 is 11.6 Å². The number of carbonyl (C=O) groups is 1. The van der Waals surface area contributed by atoms with E-state index >= 15 is 0 Å². The van der Waals surface area contributed by atoms with Crippen LogP contribution in [0.1, 0.15) is 25.3 Å². The Hall–Kier alpha value is -2.37. The molecule has 0 aromatic heterocycles. The number of nitrogens with zero attached hydrogens (tertiary/aromatic N) is 2. The SMILES string of the molecule is CCOc1ccccc1CN1CCC2(CC1)CN(c1ccccc1)C(=O)CO2. The minimum absolute atomic E-state index is 0.0462. The van der Waals surface area contributed by atoms with Crippen molar-refractivity contribution < 1.29 is 14.3 Å². The molecule has 28 heavy (non-hydrogen) atoms. The third-order valence-electron chi connectivity index (χ3n) is 5.75. The molecule has 4 rings (SSSR count). The molecule has 2 aliphatic rings. The predicted molar refractivity (Wildman–Crippen MR) is 110 cm³/mol. The summed E-state index contributed by atoms with van der Waals surface area (Å²) < 4.78 is 11.9. The molecule has 0 saturated carbocycles. The van der Waals surface area contributed by atoms with Crippen LogP contribution in [0, 0.1) is 0 Å².